The molecule has 4 aliphatic heterocycles. The molecule has 11 heteroatoms. The lowest BCUT2D eigenvalue weighted by Crippen LogP contribution is -2.81. The first-order valence-corrected chi connectivity index (χ1v) is 15.0. The topological polar surface area (TPSA) is 121 Å². The second-order valence-electron chi connectivity index (χ2n) is 12.5. The molecule has 11 nitrogen and oxygen atoms in total. The molecule has 2 saturated heterocycles. The number of ether oxygens (including phenoxy) is 3. The van der Waals surface area contributed by atoms with Crippen molar-refractivity contribution in [1.82, 2.24) is 9.80 Å². The fourth-order valence-electron chi connectivity index (χ4n) is 9.19. The van der Waals surface area contributed by atoms with Crippen LogP contribution >= 0.6 is 0 Å². The molecule has 6 atom stereocenters. The summed E-state index contributed by atoms with van der Waals surface area (Å²) in [6, 6.07) is 2.85. The lowest BCUT2D eigenvalue weighted by Gasteiger charge is -2.63. The summed E-state index contributed by atoms with van der Waals surface area (Å²) in [6.07, 6.45) is 6.26. The van der Waals surface area contributed by atoms with E-state index in [1.54, 1.807) is 7.11 Å². The summed E-state index contributed by atoms with van der Waals surface area (Å²) in [6.45, 7) is 6.86. The molecule has 0 radical (unpaired) electrons. The van der Waals surface area contributed by atoms with Gasteiger partial charge in [-0.15, -0.1) is 0 Å². The van der Waals surface area contributed by atoms with Crippen molar-refractivity contribution >= 4 is 29.2 Å². The van der Waals surface area contributed by atoms with E-state index in [-0.39, 0.29) is 11.9 Å². The van der Waals surface area contributed by atoms with E-state index in [0.717, 1.165) is 43.7 Å². The molecule has 1 saturated carbocycles. The number of hydrogen-bond acceptors (Lipinski definition) is 10. The smallest absolute Gasteiger partial charge is 0.344 e. The lowest BCUT2D eigenvalue weighted by molar-refractivity contribution is -0.228. The fraction of sp³-hybridized carbons (Fsp3) is 0.645. The van der Waals surface area contributed by atoms with Gasteiger partial charge in [-0.3, -0.25) is 19.4 Å². The highest BCUT2D eigenvalue weighted by atomic mass is 16.6. The Morgan fingerprint density at radius 2 is 1.86 bits per heavy atom. The molecule has 1 spiro atoms. The lowest BCUT2D eigenvalue weighted by atomic mass is 9.47. The van der Waals surface area contributed by atoms with Crippen LogP contribution in [0.1, 0.15) is 45.1 Å². The molecule has 0 aromatic heterocycles. The van der Waals surface area contributed by atoms with Crippen LogP contribution in [0.4, 0.5) is 11.4 Å². The largest absolute Gasteiger partial charge is 0.494 e. The predicted octanol–water partition coefficient (Wildman–Crippen LogP) is 1.68. The Bertz CT molecular complexity index is 1330. The van der Waals surface area contributed by atoms with E-state index in [2.05, 4.69) is 15.1 Å². The van der Waals surface area contributed by atoms with E-state index in [4.69, 9.17) is 14.2 Å². The van der Waals surface area contributed by atoms with Gasteiger partial charge in [-0.2, -0.15) is 0 Å². The Hall–Kier alpha value is -3.15. The quantitative estimate of drug-likeness (QED) is 0.363. The van der Waals surface area contributed by atoms with Crippen LogP contribution in [-0.4, -0.2) is 111 Å². The zero-order valence-corrected chi connectivity index (χ0v) is 25.1. The molecular formula is C31H42N4O7. The zero-order chi connectivity index (χ0) is 30.0. The molecule has 4 heterocycles. The average molecular weight is 583 g/mol. The summed E-state index contributed by atoms with van der Waals surface area (Å²) in [7, 11) is 4.66. The van der Waals surface area contributed by atoms with Crippen LogP contribution in [0.5, 0.6) is 5.75 Å². The monoisotopic (exact) mass is 582 g/mol. The Morgan fingerprint density at radius 3 is 2.50 bits per heavy atom. The molecule has 2 N–H and O–H groups in total. The zero-order valence-electron chi connectivity index (χ0n) is 25.1. The number of anilines is 2. The SMILES string of the molecule is CC[C@]12C=CCN3CC[C@@]4(c5cc(NC(=O)CN6CCCC6)c(OC)cc5N(C)[C@H]4[C@@](O)(C(=O)OC)[C@@H]1OC(C)=O)[C@@H]32. The molecule has 42 heavy (non-hydrogen) atoms. The standard InChI is InChI=1S/C31H42N4O7/c1-6-29-10-9-14-35-15-11-30(25(29)35)20-16-21(32-24(37)18-34-12-7-8-13-34)23(40-4)17-22(20)33(3)26(30)31(39,28(38)41-5)27(29)42-19(2)36/h9-10,16-17,25-27,39H,6-8,11-15,18H2,1-5H3,(H,32,37)/t25-,26+,27+,29+,30+,31-/m0/s1. The molecule has 3 fully saturated rings. The average Bonchev–Trinajstić information content (AvgIpc) is 3.68. The van der Waals surface area contributed by atoms with Gasteiger partial charge < -0.3 is 29.5 Å². The van der Waals surface area contributed by atoms with Gasteiger partial charge in [0.2, 0.25) is 11.5 Å². The molecule has 228 valence electrons. The summed E-state index contributed by atoms with van der Waals surface area (Å²) < 4.78 is 17.0. The molecule has 1 aromatic rings. The highest BCUT2D eigenvalue weighted by Gasteiger charge is 2.80. The van der Waals surface area contributed by atoms with Crippen molar-refractivity contribution in [1.29, 1.82) is 0 Å². The molecule has 0 unspecified atom stereocenters. The van der Waals surface area contributed by atoms with Gasteiger partial charge in [0.05, 0.1) is 32.5 Å². The number of nitrogens with zero attached hydrogens (tertiary/aromatic N) is 3. The second kappa shape index (κ2) is 10.2. The number of fused-ring (bicyclic) bond motifs is 1. The Kier molecular flexibility index (Phi) is 7.06. The van der Waals surface area contributed by atoms with Gasteiger partial charge in [0.25, 0.3) is 0 Å². The number of carbonyl (C=O) groups is 3. The molecule has 1 amide bonds. The number of esters is 2. The van der Waals surface area contributed by atoms with Crippen LogP contribution in [0.25, 0.3) is 0 Å². The van der Waals surface area contributed by atoms with Crippen LogP contribution in [0.15, 0.2) is 24.3 Å². The second-order valence-corrected chi connectivity index (χ2v) is 12.5. The third kappa shape index (κ3) is 3.79. The molecule has 1 aliphatic carbocycles. The van der Waals surface area contributed by atoms with Gasteiger partial charge in [-0.25, -0.2) is 4.79 Å². The number of carbonyl (C=O) groups excluding carboxylic acids is 3. The number of likely N-dealkylation sites (tertiary alicyclic amines) is 1. The highest BCUT2D eigenvalue weighted by Crippen LogP contribution is 2.67. The van der Waals surface area contributed by atoms with Crippen LogP contribution in [-0.2, 0) is 29.3 Å². The van der Waals surface area contributed by atoms with Crippen molar-refractivity contribution in [2.75, 3.05) is 64.2 Å². The number of nitrogens with one attached hydrogen (secondary N) is 1. The van der Waals surface area contributed by atoms with Crippen molar-refractivity contribution in [3.05, 3.63) is 29.8 Å². The van der Waals surface area contributed by atoms with Crippen LogP contribution in [0.2, 0.25) is 0 Å². The summed E-state index contributed by atoms with van der Waals surface area (Å²) >= 11 is 0. The first-order valence-electron chi connectivity index (χ1n) is 15.0. The van der Waals surface area contributed by atoms with E-state index in [1.807, 2.05) is 43.2 Å². The molecular weight excluding hydrogens is 540 g/mol. The molecule has 0 bridgehead atoms. The van der Waals surface area contributed by atoms with Gasteiger partial charge in [0, 0.05) is 49.1 Å². The Morgan fingerprint density at radius 1 is 1.12 bits per heavy atom. The van der Waals surface area contributed by atoms with Gasteiger partial charge in [-0.1, -0.05) is 19.1 Å². The van der Waals surface area contributed by atoms with E-state index in [1.165, 1.54) is 14.0 Å². The minimum Gasteiger partial charge on any atom is -0.494 e. The number of amides is 1. The summed E-state index contributed by atoms with van der Waals surface area (Å²) in [5, 5.41) is 15.9. The van der Waals surface area contributed by atoms with E-state index in [0.29, 0.717) is 37.4 Å². The Balaban J connectivity index is 1.55. The summed E-state index contributed by atoms with van der Waals surface area (Å²) in [4.78, 5) is 46.0. The molecule has 1 aromatic carbocycles. The van der Waals surface area contributed by atoms with Crippen LogP contribution < -0.4 is 15.0 Å². The first-order chi connectivity index (χ1) is 20.1. The fourth-order valence-corrected chi connectivity index (χ4v) is 9.19. The minimum atomic E-state index is -2.19. The Labute approximate surface area is 246 Å². The van der Waals surface area contributed by atoms with Crippen molar-refractivity contribution in [2.45, 2.75) is 68.7 Å². The maximum Gasteiger partial charge on any atom is 0.344 e. The maximum atomic E-state index is 13.8. The number of hydrogen-bond donors (Lipinski definition) is 2. The highest BCUT2D eigenvalue weighted by molar-refractivity contribution is 5.95. The predicted molar refractivity (Wildman–Crippen MR) is 156 cm³/mol. The maximum absolute atomic E-state index is 13.8. The van der Waals surface area contributed by atoms with E-state index < -0.39 is 40.5 Å². The number of methoxy groups -OCH3 is 2. The number of rotatable bonds is 7. The summed E-state index contributed by atoms with van der Waals surface area (Å²) in [5.74, 6) is -1.04. The van der Waals surface area contributed by atoms with Crippen molar-refractivity contribution in [3.63, 3.8) is 0 Å². The van der Waals surface area contributed by atoms with Gasteiger partial charge in [0.15, 0.2) is 6.10 Å². The van der Waals surface area contributed by atoms with Gasteiger partial charge in [-0.05, 0) is 56.9 Å². The van der Waals surface area contributed by atoms with Crippen molar-refractivity contribution in [3.8, 4) is 5.75 Å². The van der Waals surface area contributed by atoms with Crippen molar-refractivity contribution < 1.29 is 33.7 Å². The molecule has 6 rings (SSSR count). The van der Waals surface area contributed by atoms with Crippen molar-refractivity contribution in [2.24, 2.45) is 5.41 Å². The summed E-state index contributed by atoms with van der Waals surface area (Å²) in [5.41, 5.74) is -1.53. The number of likely N-dealkylation sites (N-methyl/N-ethyl adjacent to an activating group) is 1. The molecule has 5 aliphatic rings. The van der Waals surface area contributed by atoms with E-state index >= 15 is 0 Å². The normalized spacial score (nSPS) is 34.9. The van der Waals surface area contributed by atoms with E-state index in [9.17, 15) is 19.5 Å². The van der Waals surface area contributed by atoms with Crippen LogP contribution in [0.3, 0.4) is 0 Å². The third-order valence-electron chi connectivity index (χ3n) is 10.6. The van der Waals surface area contributed by atoms with Gasteiger partial charge in [0.1, 0.15) is 5.75 Å². The van der Waals surface area contributed by atoms with Gasteiger partial charge >= 0.3 is 11.9 Å². The first kappa shape index (κ1) is 28.9. The van der Waals surface area contributed by atoms with Crippen LogP contribution in [0, 0.1) is 5.41 Å². The number of benzene rings is 1. The third-order valence-corrected chi connectivity index (χ3v) is 10.6. The minimum absolute atomic E-state index is 0.114. The number of aliphatic hydroxyl groups is 1.